The van der Waals surface area contributed by atoms with Gasteiger partial charge in [-0.15, -0.1) is 0 Å². The Morgan fingerprint density at radius 3 is 2.44 bits per heavy atom. The van der Waals surface area contributed by atoms with Crippen LogP contribution >= 0.6 is 15.9 Å². The molecule has 0 spiro atoms. The highest BCUT2D eigenvalue weighted by Crippen LogP contribution is 2.29. The van der Waals surface area contributed by atoms with Gasteiger partial charge in [-0.3, -0.25) is 4.79 Å². The third-order valence-electron chi connectivity index (χ3n) is 6.35. The Morgan fingerprint density at radius 2 is 1.74 bits per heavy atom. The number of hydrogen-bond donors (Lipinski definition) is 1. The van der Waals surface area contributed by atoms with Gasteiger partial charge in [-0.25, -0.2) is 4.98 Å². The molecule has 0 bridgehead atoms. The fraction of sp³-hybridized carbons (Fsp3) is 0.241. The molecule has 4 rings (SSSR count). The van der Waals surface area contributed by atoms with E-state index in [2.05, 4.69) is 59.4 Å². The number of methoxy groups -OCH3 is 1. The SMILES string of the molecule is CCC(C)c1ccc(C(C)NC(=O)c2cc(-c3cccc(OC)c3)nc3ccc(Br)cc23)cc1. The van der Waals surface area contributed by atoms with Crippen LogP contribution in [0.4, 0.5) is 0 Å². The molecule has 34 heavy (non-hydrogen) atoms. The average molecular weight is 517 g/mol. The molecule has 174 valence electrons. The van der Waals surface area contributed by atoms with Crippen molar-refractivity contribution in [3.05, 3.63) is 94.0 Å². The number of ether oxygens (including phenoxy) is 1. The molecule has 2 atom stereocenters. The molecular weight excluding hydrogens is 488 g/mol. The van der Waals surface area contributed by atoms with Gasteiger partial charge >= 0.3 is 0 Å². The van der Waals surface area contributed by atoms with Crippen LogP contribution in [0.1, 0.15) is 60.6 Å². The molecule has 1 aromatic heterocycles. The second-order valence-electron chi connectivity index (χ2n) is 8.62. The smallest absolute Gasteiger partial charge is 0.252 e. The van der Waals surface area contributed by atoms with E-state index in [9.17, 15) is 4.79 Å². The van der Waals surface area contributed by atoms with E-state index >= 15 is 0 Å². The van der Waals surface area contributed by atoms with Gasteiger partial charge in [0, 0.05) is 15.4 Å². The molecule has 1 amide bonds. The van der Waals surface area contributed by atoms with Crippen molar-refractivity contribution >= 4 is 32.7 Å². The molecule has 0 fully saturated rings. The summed E-state index contributed by atoms with van der Waals surface area (Å²) in [5.41, 5.74) is 5.37. The van der Waals surface area contributed by atoms with Gasteiger partial charge in [0.1, 0.15) is 5.75 Å². The zero-order valence-electron chi connectivity index (χ0n) is 19.9. The Balaban J connectivity index is 1.69. The molecule has 5 heteroatoms. The maximum absolute atomic E-state index is 13.5. The Labute approximate surface area is 209 Å². The summed E-state index contributed by atoms with van der Waals surface area (Å²) in [5.74, 6) is 1.14. The van der Waals surface area contributed by atoms with Gasteiger partial charge in [0.2, 0.25) is 0 Å². The summed E-state index contributed by atoms with van der Waals surface area (Å²) in [6.45, 7) is 6.43. The Hall–Kier alpha value is -3.18. The lowest BCUT2D eigenvalue weighted by molar-refractivity contribution is 0.0941. The van der Waals surface area contributed by atoms with Crippen molar-refractivity contribution in [2.45, 2.75) is 39.2 Å². The number of nitrogens with one attached hydrogen (secondary N) is 1. The third-order valence-corrected chi connectivity index (χ3v) is 6.84. The van der Waals surface area contributed by atoms with Crippen molar-refractivity contribution in [3.8, 4) is 17.0 Å². The molecule has 3 aromatic carbocycles. The van der Waals surface area contributed by atoms with Crippen LogP contribution in [0.3, 0.4) is 0 Å². The van der Waals surface area contributed by atoms with E-state index in [1.807, 2.05) is 55.5 Å². The summed E-state index contributed by atoms with van der Waals surface area (Å²) in [5, 5.41) is 3.98. The van der Waals surface area contributed by atoms with Crippen LogP contribution in [0, 0.1) is 0 Å². The molecular formula is C29H29BrN2O2. The summed E-state index contributed by atoms with van der Waals surface area (Å²) in [6, 6.07) is 23.8. The summed E-state index contributed by atoms with van der Waals surface area (Å²) in [7, 11) is 1.64. The molecule has 0 aliphatic carbocycles. The highest BCUT2D eigenvalue weighted by Gasteiger charge is 2.18. The molecule has 0 radical (unpaired) electrons. The van der Waals surface area contributed by atoms with E-state index in [-0.39, 0.29) is 11.9 Å². The lowest BCUT2D eigenvalue weighted by Crippen LogP contribution is -2.27. The van der Waals surface area contributed by atoms with Crippen molar-refractivity contribution in [1.29, 1.82) is 0 Å². The molecule has 0 aliphatic rings. The third kappa shape index (κ3) is 5.15. The maximum atomic E-state index is 13.5. The largest absolute Gasteiger partial charge is 0.497 e. The highest BCUT2D eigenvalue weighted by molar-refractivity contribution is 9.10. The minimum Gasteiger partial charge on any atom is -0.497 e. The van der Waals surface area contributed by atoms with E-state index in [0.29, 0.717) is 11.5 Å². The molecule has 1 heterocycles. The topological polar surface area (TPSA) is 51.2 Å². The van der Waals surface area contributed by atoms with Crippen molar-refractivity contribution in [2.75, 3.05) is 7.11 Å². The lowest BCUT2D eigenvalue weighted by Gasteiger charge is -2.17. The summed E-state index contributed by atoms with van der Waals surface area (Å²) >= 11 is 3.53. The van der Waals surface area contributed by atoms with Crippen molar-refractivity contribution in [1.82, 2.24) is 10.3 Å². The predicted octanol–water partition coefficient (Wildman–Crippen LogP) is 7.68. The molecule has 0 saturated heterocycles. The molecule has 0 saturated carbocycles. The Morgan fingerprint density at radius 1 is 1.00 bits per heavy atom. The lowest BCUT2D eigenvalue weighted by atomic mass is 9.96. The molecule has 0 aliphatic heterocycles. The first kappa shape index (κ1) is 24.0. The molecule has 2 unspecified atom stereocenters. The van der Waals surface area contributed by atoms with E-state index in [4.69, 9.17) is 9.72 Å². The van der Waals surface area contributed by atoms with E-state index < -0.39 is 0 Å². The second-order valence-corrected chi connectivity index (χ2v) is 9.54. The average Bonchev–Trinajstić information content (AvgIpc) is 2.87. The van der Waals surface area contributed by atoms with Crippen LogP contribution < -0.4 is 10.1 Å². The van der Waals surface area contributed by atoms with Gasteiger partial charge < -0.3 is 10.1 Å². The van der Waals surface area contributed by atoms with Crippen LogP contribution in [0.2, 0.25) is 0 Å². The van der Waals surface area contributed by atoms with E-state index in [0.717, 1.165) is 44.4 Å². The maximum Gasteiger partial charge on any atom is 0.252 e. The monoisotopic (exact) mass is 516 g/mol. The van der Waals surface area contributed by atoms with Gasteiger partial charge in [-0.2, -0.15) is 0 Å². The summed E-state index contributed by atoms with van der Waals surface area (Å²) in [4.78, 5) is 18.3. The number of fused-ring (bicyclic) bond motifs is 1. The number of amides is 1. The first-order valence-corrected chi connectivity index (χ1v) is 12.3. The first-order chi connectivity index (χ1) is 16.4. The summed E-state index contributed by atoms with van der Waals surface area (Å²) in [6.07, 6.45) is 1.10. The zero-order valence-corrected chi connectivity index (χ0v) is 21.5. The number of carbonyl (C=O) groups is 1. The van der Waals surface area contributed by atoms with Crippen LogP contribution in [-0.2, 0) is 0 Å². The normalized spacial score (nSPS) is 12.9. The standard InChI is InChI=1S/C29H29BrN2O2/c1-5-18(2)20-9-11-21(12-10-20)19(3)31-29(33)26-17-28(22-7-6-8-24(15-22)34-4)32-27-14-13-23(30)16-25(26)27/h6-19H,5H2,1-4H3,(H,31,33). The van der Waals surface area contributed by atoms with Gasteiger partial charge in [0.15, 0.2) is 0 Å². The number of aromatic nitrogens is 1. The number of nitrogens with zero attached hydrogens (tertiary/aromatic N) is 1. The van der Waals surface area contributed by atoms with Crippen LogP contribution in [0.15, 0.2) is 77.3 Å². The minimum atomic E-state index is -0.131. The van der Waals surface area contributed by atoms with Crippen LogP contribution in [-0.4, -0.2) is 18.0 Å². The fourth-order valence-corrected chi connectivity index (χ4v) is 4.38. The van der Waals surface area contributed by atoms with Gasteiger partial charge in [-0.1, -0.05) is 66.2 Å². The molecule has 4 aromatic rings. The number of halogens is 1. The van der Waals surface area contributed by atoms with Gasteiger partial charge in [-0.05, 0) is 66.8 Å². The quantitative estimate of drug-likeness (QED) is 0.274. The number of rotatable bonds is 7. The van der Waals surface area contributed by atoms with Crippen LogP contribution in [0.25, 0.3) is 22.2 Å². The second kappa shape index (κ2) is 10.4. The number of pyridine rings is 1. The number of carbonyl (C=O) groups excluding carboxylic acids is 1. The Kier molecular flexibility index (Phi) is 7.32. The predicted molar refractivity (Wildman–Crippen MR) is 142 cm³/mol. The fourth-order valence-electron chi connectivity index (χ4n) is 4.02. The van der Waals surface area contributed by atoms with E-state index in [1.165, 1.54) is 5.56 Å². The molecule has 1 N–H and O–H groups in total. The van der Waals surface area contributed by atoms with Crippen molar-refractivity contribution in [2.24, 2.45) is 0 Å². The first-order valence-electron chi connectivity index (χ1n) is 11.5. The molecule has 4 nitrogen and oxygen atoms in total. The van der Waals surface area contributed by atoms with Crippen LogP contribution in [0.5, 0.6) is 5.75 Å². The van der Waals surface area contributed by atoms with Gasteiger partial charge in [0.05, 0.1) is 29.9 Å². The van der Waals surface area contributed by atoms with Crippen molar-refractivity contribution < 1.29 is 9.53 Å². The number of hydrogen-bond acceptors (Lipinski definition) is 3. The van der Waals surface area contributed by atoms with E-state index in [1.54, 1.807) is 7.11 Å². The minimum absolute atomic E-state index is 0.130. The highest BCUT2D eigenvalue weighted by atomic mass is 79.9. The zero-order chi connectivity index (χ0) is 24.2. The number of benzene rings is 3. The van der Waals surface area contributed by atoms with Gasteiger partial charge in [0.25, 0.3) is 5.91 Å². The van der Waals surface area contributed by atoms with Crippen molar-refractivity contribution in [3.63, 3.8) is 0 Å². The Bertz CT molecular complexity index is 1320. The summed E-state index contributed by atoms with van der Waals surface area (Å²) < 4.78 is 6.28.